The number of amidine groups is 1. The number of pyridine rings is 1. The maximum absolute atomic E-state index is 14.8. The molecule has 3 aromatic rings. The highest BCUT2D eigenvalue weighted by molar-refractivity contribution is 7.92. The van der Waals surface area contributed by atoms with Gasteiger partial charge in [0.25, 0.3) is 5.91 Å². The van der Waals surface area contributed by atoms with Crippen LogP contribution in [0.5, 0.6) is 0 Å². The summed E-state index contributed by atoms with van der Waals surface area (Å²) in [6, 6.07) is 10.9. The molecule has 1 amide bonds. The first-order valence-electron chi connectivity index (χ1n) is 10.0. The molecule has 34 heavy (non-hydrogen) atoms. The van der Waals surface area contributed by atoms with Gasteiger partial charge in [-0.15, -0.1) is 0 Å². The molecule has 4 rings (SSSR count). The lowest BCUT2D eigenvalue weighted by molar-refractivity contribution is 0.102. The fraction of sp³-hybridized carbons (Fsp3) is 0.174. The van der Waals surface area contributed by atoms with Crippen LogP contribution in [-0.4, -0.2) is 30.9 Å². The Kier molecular flexibility index (Phi) is 5.90. The van der Waals surface area contributed by atoms with Crippen LogP contribution < -0.4 is 11.1 Å². The molecule has 0 fully saturated rings. The number of aromatic nitrogens is 1. The first kappa shape index (κ1) is 23.4. The number of anilines is 1. The molecule has 11 heteroatoms. The predicted octanol–water partition coefficient (Wildman–Crippen LogP) is 3.49. The van der Waals surface area contributed by atoms with Crippen molar-refractivity contribution in [3.63, 3.8) is 0 Å². The molecule has 0 saturated carbocycles. The Morgan fingerprint density at radius 2 is 1.85 bits per heavy atom. The lowest BCUT2D eigenvalue weighted by Crippen LogP contribution is -2.44. The second-order valence-corrected chi connectivity index (χ2v) is 10.1. The minimum atomic E-state index is -4.02. The fourth-order valence-electron chi connectivity index (χ4n) is 3.94. The summed E-state index contributed by atoms with van der Waals surface area (Å²) in [4.78, 5) is 20.4. The first-order valence-corrected chi connectivity index (χ1v) is 11.8. The Hall–Kier alpha value is -3.73. The van der Waals surface area contributed by atoms with E-state index in [0.717, 1.165) is 24.4 Å². The zero-order valence-corrected chi connectivity index (χ0v) is 18.6. The average Bonchev–Trinajstić information content (AvgIpc) is 2.74. The van der Waals surface area contributed by atoms with Gasteiger partial charge in [0.05, 0.1) is 11.9 Å². The van der Waals surface area contributed by atoms with Crippen molar-refractivity contribution in [1.82, 2.24) is 4.98 Å². The van der Waals surface area contributed by atoms with Crippen LogP contribution in [0.25, 0.3) is 0 Å². The van der Waals surface area contributed by atoms with Gasteiger partial charge in [0.1, 0.15) is 39.8 Å². The van der Waals surface area contributed by atoms with Gasteiger partial charge in [-0.1, -0.05) is 12.1 Å². The summed E-state index contributed by atoms with van der Waals surface area (Å²) in [6.07, 6.45) is 0.880. The van der Waals surface area contributed by atoms with E-state index >= 15 is 0 Å². The summed E-state index contributed by atoms with van der Waals surface area (Å²) in [5.74, 6) is -3.57. The van der Waals surface area contributed by atoms with Gasteiger partial charge in [-0.3, -0.25) is 9.79 Å². The van der Waals surface area contributed by atoms with E-state index in [-0.39, 0.29) is 28.3 Å². The smallest absolute Gasteiger partial charge is 0.274 e. The van der Waals surface area contributed by atoms with Crippen LogP contribution >= 0.6 is 0 Å². The lowest BCUT2D eigenvalue weighted by atomic mass is 9.93. The van der Waals surface area contributed by atoms with E-state index < -0.39 is 49.7 Å². The van der Waals surface area contributed by atoms with Crippen LogP contribution in [-0.2, 0) is 15.4 Å². The van der Waals surface area contributed by atoms with Gasteiger partial charge in [0.2, 0.25) is 0 Å². The number of benzene rings is 2. The Morgan fingerprint density at radius 3 is 2.50 bits per heavy atom. The Balaban J connectivity index is 1.70. The van der Waals surface area contributed by atoms with Gasteiger partial charge >= 0.3 is 0 Å². The van der Waals surface area contributed by atoms with Crippen LogP contribution in [0.15, 0.2) is 65.8 Å². The number of rotatable bonds is 4. The van der Waals surface area contributed by atoms with Crippen molar-refractivity contribution >= 4 is 27.3 Å². The number of sulfone groups is 1. The summed E-state index contributed by atoms with van der Waals surface area (Å²) in [5, 5.41) is 1.14. The highest BCUT2D eigenvalue weighted by Gasteiger charge is 2.45. The number of aliphatic imine (C=N–C) groups is 1. The van der Waals surface area contributed by atoms with E-state index in [9.17, 15) is 26.4 Å². The van der Waals surface area contributed by atoms with Gasteiger partial charge in [-0.2, -0.15) is 0 Å². The molecule has 1 aromatic heterocycles. The summed E-state index contributed by atoms with van der Waals surface area (Å²) in [5.41, 5.74) is 4.51. The van der Waals surface area contributed by atoms with Crippen LogP contribution in [0.2, 0.25) is 0 Å². The second kappa shape index (κ2) is 8.56. The summed E-state index contributed by atoms with van der Waals surface area (Å²) >= 11 is 0. The Labute approximate surface area is 193 Å². The molecule has 0 spiro atoms. The summed E-state index contributed by atoms with van der Waals surface area (Å²) < 4.78 is 67.9. The minimum absolute atomic E-state index is 0.0704. The van der Waals surface area contributed by atoms with Crippen LogP contribution in [0, 0.1) is 17.5 Å². The number of hydrogen-bond donors (Lipinski definition) is 2. The predicted molar refractivity (Wildman–Crippen MR) is 120 cm³/mol. The van der Waals surface area contributed by atoms with Crippen molar-refractivity contribution in [1.29, 1.82) is 0 Å². The third-order valence-corrected chi connectivity index (χ3v) is 7.60. The number of hydrogen-bond acceptors (Lipinski definition) is 6. The molecule has 2 aromatic carbocycles. The maximum atomic E-state index is 14.8. The van der Waals surface area contributed by atoms with Crippen molar-refractivity contribution in [2.75, 3.05) is 11.1 Å². The standard InChI is InChI=1S/C23H19F3N4O3S/c1-23(12-34(32,33)20(21(27)30-23)13-3-2-4-14(24)9-13)17-10-16(6-7-18(17)26)29-22(31)19-8-5-15(25)11-28-19/h2-11,20H,12H2,1H3,(H2,27,30)(H,29,31)/t20-,23+/m1/s1. The zero-order chi connectivity index (χ0) is 24.7. The van der Waals surface area contributed by atoms with Gasteiger partial charge in [0, 0.05) is 11.3 Å². The monoisotopic (exact) mass is 488 g/mol. The highest BCUT2D eigenvalue weighted by atomic mass is 32.2. The topological polar surface area (TPSA) is 115 Å². The quantitative estimate of drug-likeness (QED) is 0.584. The van der Waals surface area contributed by atoms with Crippen LogP contribution in [0.4, 0.5) is 18.9 Å². The molecular formula is C23H19F3N4O3S. The van der Waals surface area contributed by atoms with Crippen molar-refractivity contribution in [3.8, 4) is 0 Å². The van der Waals surface area contributed by atoms with Gasteiger partial charge in [-0.25, -0.2) is 26.6 Å². The van der Waals surface area contributed by atoms with Crippen molar-refractivity contribution in [3.05, 3.63) is 95.1 Å². The summed E-state index contributed by atoms with van der Waals surface area (Å²) in [6.45, 7) is 1.41. The lowest BCUT2D eigenvalue weighted by Gasteiger charge is -2.34. The van der Waals surface area contributed by atoms with Crippen molar-refractivity contribution in [2.45, 2.75) is 17.7 Å². The number of carbonyl (C=O) groups excluding carboxylic acids is 1. The fourth-order valence-corrected chi connectivity index (χ4v) is 6.09. The van der Waals surface area contributed by atoms with E-state index in [4.69, 9.17) is 5.73 Å². The molecule has 1 aliphatic rings. The molecule has 1 aliphatic heterocycles. The number of halogens is 3. The van der Waals surface area contributed by atoms with E-state index in [0.29, 0.717) is 0 Å². The Bertz CT molecular complexity index is 1410. The number of carbonyl (C=O) groups is 1. The zero-order valence-electron chi connectivity index (χ0n) is 17.8. The van der Waals surface area contributed by atoms with Gasteiger partial charge in [-0.05, 0) is 55.0 Å². The van der Waals surface area contributed by atoms with Gasteiger partial charge < -0.3 is 11.1 Å². The van der Waals surface area contributed by atoms with Crippen molar-refractivity contribution in [2.24, 2.45) is 10.7 Å². The molecule has 0 radical (unpaired) electrons. The van der Waals surface area contributed by atoms with Gasteiger partial charge in [0.15, 0.2) is 9.84 Å². The SMILES string of the molecule is C[C@@]1(c2cc(NC(=O)c3ccc(F)cn3)ccc2F)CS(=O)(=O)[C@H](c2cccc(F)c2)C(N)=N1. The number of amides is 1. The molecule has 0 aliphatic carbocycles. The molecule has 176 valence electrons. The summed E-state index contributed by atoms with van der Waals surface area (Å²) in [7, 11) is -4.02. The number of nitrogens with one attached hydrogen (secondary N) is 1. The first-order chi connectivity index (χ1) is 16.0. The molecule has 7 nitrogen and oxygen atoms in total. The third kappa shape index (κ3) is 4.51. The van der Waals surface area contributed by atoms with Crippen LogP contribution in [0.3, 0.4) is 0 Å². The largest absolute Gasteiger partial charge is 0.386 e. The third-order valence-electron chi connectivity index (χ3n) is 5.40. The number of nitrogens with two attached hydrogens (primary N) is 1. The number of nitrogens with zero attached hydrogens (tertiary/aromatic N) is 2. The normalized spacial score (nSPS) is 21.5. The minimum Gasteiger partial charge on any atom is -0.386 e. The Morgan fingerprint density at radius 1 is 1.09 bits per heavy atom. The molecule has 3 N–H and O–H groups in total. The van der Waals surface area contributed by atoms with E-state index in [1.54, 1.807) is 0 Å². The average molecular weight is 488 g/mol. The van der Waals surface area contributed by atoms with E-state index in [1.165, 1.54) is 43.3 Å². The molecule has 0 saturated heterocycles. The molecule has 0 unspecified atom stereocenters. The highest BCUT2D eigenvalue weighted by Crippen LogP contribution is 2.39. The molecule has 0 bridgehead atoms. The second-order valence-electron chi connectivity index (χ2n) is 8.06. The molecular weight excluding hydrogens is 469 g/mol. The van der Waals surface area contributed by atoms with E-state index in [1.807, 2.05) is 0 Å². The molecule has 2 heterocycles. The molecule has 2 atom stereocenters. The van der Waals surface area contributed by atoms with Crippen LogP contribution in [0.1, 0.15) is 33.8 Å². The van der Waals surface area contributed by atoms with Crippen molar-refractivity contribution < 1.29 is 26.4 Å². The maximum Gasteiger partial charge on any atom is 0.274 e. The van der Waals surface area contributed by atoms with E-state index in [2.05, 4.69) is 15.3 Å².